The highest BCUT2D eigenvalue weighted by molar-refractivity contribution is 6.35. The van der Waals surface area contributed by atoms with Crippen molar-refractivity contribution in [3.8, 4) is 0 Å². The van der Waals surface area contributed by atoms with Crippen molar-refractivity contribution < 1.29 is 14.4 Å². The number of benzene rings is 1. The second kappa shape index (κ2) is 9.71. The first-order chi connectivity index (χ1) is 13.5. The van der Waals surface area contributed by atoms with Crippen molar-refractivity contribution in [1.82, 2.24) is 15.1 Å². The third-order valence-electron chi connectivity index (χ3n) is 5.70. The van der Waals surface area contributed by atoms with Crippen LogP contribution in [0.4, 0.5) is 0 Å². The fourth-order valence-corrected chi connectivity index (χ4v) is 3.98. The molecule has 152 valence electrons. The van der Waals surface area contributed by atoms with E-state index in [2.05, 4.69) is 5.32 Å². The van der Waals surface area contributed by atoms with E-state index < -0.39 is 11.8 Å². The van der Waals surface area contributed by atoms with Crippen LogP contribution >= 0.6 is 0 Å². The first kappa shape index (κ1) is 20.4. The summed E-state index contributed by atoms with van der Waals surface area (Å²) in [5.74, 6) is -1.25. The van der Waals surface area contributed by atoms with Crippen LogP contribution in [-0.4, -0.2) is 53.2 Å². The van der Waals surface area contributed by atoms with Crippen LogP contribution in [-0.2, 0) is 20.9 Å². The van der Waals surface area contributed by atoms with Gasteiger partial charge in [0.05, 0.1) is 0 Å². The Hall–Kier alpha value is -2.37. The highest BCUT2D eigenvalue weighted by atomic mass is 16.2. The summed E-state index contributed by atoms with van der Waals surface area (Å²) in [4.78, 5) is 40.3. The molecule has 1 aromatic rings. The predicted octanol–water partition coefficient (Wildman–Crippen LogP) is 2.39. The average molecular weight is 386 g/mol. The van der Waals surface area contributed by atoms with E-state index in [1.54, 1.807) is 4.90 Å². The van der Waals surface area contributed by atoms with E-state index in [0.717, 1.165) is 36.8 Å². The topological polar surface area (TPSA) is 69.7 Å². The summed E-state index contributed by atoms with van der Waals surface area (Å²) in [5, 5.41) is 3.07. The lowest BCUT2D eigenvalue weighted by molar-refractivity contribution is -0.157. The number of hydrogen-bond donors (Lipinski definition) is 1. The van der Waals surface area contributed by atoms with E-state index >= 15 is 0 Å². The van der Waals surface area contributed by atoms with E-state index in [1.165, 1.54) is 24.2 Å². The maximum Gasteiger partial charge on any atom is 0.312 e. The molecule has 1 saturated heterocycles. The summed E-state index contributed by atoms with van der Waals surface area (Å²) in [6, 6.07) is 8.14. The van der Waals surface area contributed by atoms with Crippen molar-refractivity contribution in [2.45, 2.75) is 64.5 Å². The number of rotatable bonds is 5. The van der Waals surface area contributed by atoms with Crippen LogP contribution in [0.1, 0.15) is 56.1 Å². The van der Waals surface area contributed by atoms with Gasteiger partial charge in [-0.3, -0.25) is 14.4 Å². The van der Waals surface area contributed by atoms with Crippen molar-refractivity contribution in [1.29, 1.82) is 0 Å². The molecule has 6 heteroatoms. The summed E-state index contributed by atoms with van der Waals surface area (Å²) >= 11 is 0. The van der Waals surface area contributed by atoms with Crippen molar-refractivity contribution >= 4 is 17.7 Å². The van der Waals surface area contributed by atoms with Gasteiger partial charge in [0.2, 0.25) is 5.91 Å². The Morgan fingerprint density at radius 3 is 2.18 bits per heavy atom. The highest BCUT2D eigenvalue weighted by Gasteiger charge is 2.33. The lowest BCUT2D eigenvalue weighted by Crippen LogP contribution is -2.56. The predicted molar refractivity (Wildman–Crippen MR) is 107 cm³/mol. The van der Waals surface area contributed by atoms with Crippen LogP contribution in [0.3, 0.4) is 0 Å². The van der Waals surface area contributed by atoms with Crippen molar-refractivity contribution in [2.24, 2.45) is 0 Å². The molecule has 1 heterocycles. The molecule has 3 rings (SSSR count). The minimum Gasteiger partial charge on any atom is -0.352 e. The van der Waals surface area contributed by atoms with Gasteiger partial charge in [0, 0.05) is 25.7 Å². The number of carbonyl (C=O) groups excluding carboxylic acids is 3. The molecule has 3 amide bonds. The fourth-order valence-electron chi connectivity index (χ4n) is 3.98. The number of amides is 3. The minimum absolute atomic E-state index is 0.0283. The second-order valence-corrected chi connectivity index (χ2v) is 8.05. The summed E-state index contributed by atoms with van der Waals surface area (Å²) in [5.41, 5.74) is 2.16. The Bertz CT molecular complexity index is 693. The zero-order chi connectivity index (χ0) is 19.9. The maximum absolute atomic E-state index is 12.5. The van der Waals surface area contributed by atoms with Crippen LogP contribution in [0.15, 0.2) is 24.3 Å². The Morgan fingerprint density at radius 1 is 0.929 bits per heavy atom. The van der Waals surface area contributed by atoms with E-state index in [0.29, 0.717) is 19.6 Å². The van der Waals surface area contributed by atoms with Crippen LogP contribution in [0.2, 0.25) is 0 Å². The average Bonchev–Trinajstić information content (AvgIpc) is 2.65. The molecular formula is C22H31N3O3. The molecule has 1 saturated carbocycles. The Kier molecular flexibility index (Phi) is 7.06. The summed E-state index contributed by atoms with van der Waals surface area (Å²) in [6.45, 7) is 3.26. The molecule has 2 fully saturated rings. The molecule has 1 aromatic carbocycles. The second-order valence-electron chi connectivity index (χ2n) is 8.05. The third-order valence-corrected chi connectivity index (χ3v) is 5.70. The van der Waals surface area contributed by atoms with E-state index in [-0.39, 0.29) is 18.5 Å². The summed E-state index contributed by atoms with van der Waals surface area (Å²) < 4.78 is 0. The molecule has 0 bridgehead atoms. The third kappa shape index (κ3) is 5.57. The molecular weight excluding hydrogens is 354 g/mol. The Balaban J connectivity index is 1.49. The molecule has 1 N–H and O–H groups in total. The molecule has 1 aliphatic heterocycles. The lowest BCUT2D eigenvalue weighted by Gasteiger charge is -2.33. The Labute approximate surface area is 167 Å². The standard InChI is InChI=1S/C22H31N3O3/c1-17-9-11-18(12-10-17)15-24-13-14-25(22(28)21(24)27)16-20(26)23-19-7-5-3-2-4-6-8-19/h9-12,19H,2-8,13-16H2,1H3,(H,23,26). The van der Waals surface area contributed by atoms with E-state index in [4.69, 9.17) is 0 Å². The smallest absolute Gasteiger partial charge is 0.312 e. The van der Waals surface area contributed by atoms with Crippen LogP contribution in [0.5, 0.6) is 0 Å². The van der Waals surface area contributed by atoms with E-state index in [1.807, 2.05) is 31.2 Å². The molecule has 28 heavy (non-hydrogen) atoms. The van der Waals surface area contributed by atoms with Crippen molar-refractivity contribution in [3.63, 3.8) is 0 Å². The SMILES string of the molecule is Cc1ccc(CN2CCN(CC(=O)NC3CCCCCCC3)C(=O)C2=O)cc1. The van der Waals surface area contributed by atoms with Gasteiger partial charge in [-0.2, -0.15) is 0 Å². The number of carbonyl (C=O) groups is 3. The van der Waals surface area contributed by atoms with Gasteiger partial charge in [0.25, 0.3) is 0 Å². The highest BCUT2D eigenvalue weighted by Crippen LogP contribution is 2.17. The normalized spacial score (nSPS) is 19.3. The summed E-state index contributed by atoms with van der Waals surface area (Å²) in [6.07, 6.45) is 8.01. The number of nitrogens with one attached hydrogen (secondary N) is 1. The van der Waals surface area contributed by atoms with Gasteiger partial charge in [-0.1, -0.05) is 61.9 Å². The molecule has 2 aliphatic rings. The molecule has 0 unspecified atom stereocenters. The van der Waals surface area contributed by atoms with Crippen molar-refractivity contribution in [2.75, 3.05) is 19.6 Å². The van der Waals surface area contributed by atoms with Crippen LogP contribution in [0.25, 0.3) is 0 Å². The zero-order valence-electron chi connectivity index (χ0n) is 16.8. The van der Waals surface area contributed by atoms with E-state index in [9.17, 15) is 14.4 Å². The van der Waals surface area contributed by atoms with Gasteiger partial charge in [-0.15, -0.1) is 0 Å². The van der Waals surface area contributed by atoms with Gasteiger partial charge in [-0.05, 0) is 25.3 Å². The summed E-state index contributed by atoms with van der Waals surface area (Å²) in [7, 11) is 0. The van der Waals surface area contributed by atoms with Gasteiger partial charge < -0.3 is 15.1 Å². The van der Waals surface area contributed by atoms with Gasteiger partial charge >= 0.3 is 11.8 Å². The molecule has 0 radical (unpaired) electrons. The fraction of sp³-hybridized carbons (Fsp3) is 0.591. The number of hydrogen-bond acceptors (Lipinski definition) is 3. The number of piperazine rings is 1. The monoisotopic (exact) mass is 385 g/mol. The van der Waals surface area contributed by atoms with Crippen LogP contribution in [0, 0.1) is 6.92 Å². The quantitative estimate of drug-likeness (QED) is 0.792. The first-order valence-corrected chi connectivity index (χ1v) is 10.5. The molecule has 6 nitrogen and oxygen atoms in total. The van der Waals surface area contributed by atoms with Crippen molar-refractivity contribution in [3.05, 3.63) is 35.4 Å². The minimum atomic E-state index is -0.578. The number of nitrogens with zero attached hydrogens (tertiary/aromatic N) is 2. The largest absolute Gasteiger partial charge is 0.352 e. The van der Waals surface area contributed by atoms with Gasteiger partial charge in [0.1, 0.15) is 6.54 Å². The Morgan fingerprint density at radius 2 is 1.50 bits per heavy atom. The van der Waals surface area contributed by atoms with Gasteiger partial charge in [-0.25, -0.2) is 0 Å². The lowest BCUT2D eigenvalue weighted by atomic mass is 9.97. The molecule has 1 aliphatic carbocycles. The molecule has 0 spiro atoms. The zero-order valence-corrected chi connectivity index (χ0v) is 16.8. The molecule has 0 aromatic heterocycles. The maximum atomic E-state index is 12.5. The molecule has 0 atom stereocenters. The number of aryl methyl sites for hydroxylation is 1. The van der Waals surface area contributed by atoms with Gasteiger partial charge in [0.15, 0.2) is 0 Å². The first-order valence-electron chi connectivity index (χ1n) is 10.5. The van der Waals surface area contributed by atoms with Crippen LogP contribution < -0.4 is 5.32 Å².